The number of aromatic nitrogens is 4. The minimum absolute atomic E-state index is 0.151. The molecule has 1 fully saturated rings. The predicted molar refractivity (Wildman–Crippen MR) is 93.6 cm³/mol. The number of hydrogen-bond acceptors (Lipinski definition) is 7. The standard InChI is InChI=1S/C16H23N5O3S/c1-3-5-14-18-19-16(21(14)9-12-6-4-7-23-12)25-10-15(22)17-13-8-11(2)24-20-13/h8,12H,3-7,9-10H2,1-2H3,(H,17,20,22). The van der Waals surface area contributed by atoms with E-state index in [-0.39, 0.29) is 17.8 Å². The largest absolute Gasteiger partial charge is 0.376 e. The van der Waals surface area contributed by atoms with Crippen LogP contribution in [0.2, 0.25) is 0 Å². The molecule has 0 bridgehead atoms. The van der Waals surface area contributed by atoms with Crippen molar-refractivity contribution in [2.75, 3.05) is 17.7 Å². The normalized spacial score (nSPS) is 17.1. The summed E-state index contributed by atoms with van der Waals surface area (Å²) in [7, 11) is 0. The summed E-state index contributed by atoms with van der Waals surface area (Å²) in [6, 6.07) is 1.68. The first-order valence-corrected chi connectivity index (χ1v) is 9.54. The zero-order valence-corrected chi connectivity index (χ0v) is 15.3. The van der Waals surface area contributed by atoms with Gasteiger partial charge in [-0.3, -0.25) is 4.79 Å². The van der Waals surface area contributed by atoms with Crippen LogP contribution < -0.4 is 5.32 Å². The van der Waals surface area contributed by atoms with Crippen LogP contribution >= 0.6 is 11.8 Å². The van der Waals surface area contributed by atoms with Crippen LogP contribution in [-0.4, -0.2) is 44.3 Å². The smallest absolute Gasteiger partial charge is 0.236 e. The van der Waals surface area contributed by atoms with E-state index in [1.165, 1.54) is 11.8 Å². The van der Waals surface area contributed by atoms with Gasteiger partial charge in [0, 0.05) is 19.1 Å². The van der Waals surface area contributed by atoms with Crippen molar-refractivity contribution < 1.29 is 14.1 Å². The molecule has 0 radical (unpaired) electrons. The summed E-state index contributed by atoms with van der Waals surface area (Å²) in [5.74, 6) is 2.12. The number of carbonyl (C=O) groups is 1. The molecule has 0 saturated carbocycles. The van der Waals surface area contributed by atoms with E-state index in [9.17, 15) is 4.79 Å². The minimum Gasteiger partial charge on any atom is -0.376 e. The third-order valence-electron chi connectivity index (χ3n) is 3.91. The molecular weight excluding hydrogens is 342 g/mol. The van der Waals surface area contributed by atoms with Crippen molar-refractivity contribution >= 4 is 23.5 Å². The Balaban J connectivity index is 1.61. The molecule has 0 aromatic carbocycles. The number of amides is 1. The van der Waals surface area contributed by atoms with Crippen molar-refractivity contribution in [2.45, 2.75) is 57.3 Å². The van der Waals surface area contributed by atoms with Gasteiger partial charge in [-0.2, -0.15) is 0 Å². The van der Waals surface area contributed by atoms with Gasteiger partial charge in [0.2, 0.25) is 5.91 Å². The lowest BCUT2D eigenvalue weighted by Crippen LogP contribution is -2.19. The molecule has 0 spiro atoms. The van der Waals surface area contributed by atoms with E-state index < -0.39 is 0 Å². The van der Waals surface area contributed by atoms with Crippen LogP contribution in [0.4, 0.5) is 5.82 Å². The van der Waals surface area contributed by atoms with Crippen molar-refractivity contribution in [3.8, 4) is 0 Å². The number of aryl methyl sites for hydroxylation is 2. The lowest BCUT2D eigenvalue weighted by molar-refractivity contribution is -0.113. The van der Waals surface area contributed by atoms with Crippen LogP contribution in [0.3, 0.4) is 0 Å². The summed E-state index contributed by atoms with van der Waals surface area (Å²) in [5, 5.41) is 15.8. The number of ether oxygens (including phenoxy) is 1. The fourth-order valence-electron chi connectivity index (χ4n) is 2.74. The van der Waals surface area contributed by atoms with Crippen molar-refractivity contribution in [1.29, 1.82) is 0 Å². The first-order chi connectivity index (χ1) is 12.2. The Hall–Kier alpha value is -1.87. The summed E-state index contributed by atoms with van der Waals surface area (Å²) < 4.78 is 12.8. The molecule has 1 amide bonds. The van der Waals surface area contributed by atoms with Gasteiger partial charge >= 0.3 is 0 Å². The number of thioether (sulfide) groups is 1. The van der Waals surface area contributed by atoms with E-state index in [0.29, 0.717) is 11.6 Å². The topological polar surface area (TPSA) is 95.1 Å². The minimum atomic E-state index is -0.151. The molecule has 1 aliphatic heterocycles. The highest BCUT2D eigenvalue weighted by Crippen LogP contribution is 2.22. The number of nitrogens with zero attached hydrogens (tertiary/aromatic N) is 4. The molecule has 3 heterocycles. The monoisotopic (exact) mass is 365 g/mol. The third kappa shape index (κ3) is 4.82. The molecule has 9 heteroatoms. The molecule has 1 aliphatic rings. The van der Waals surface area contributed by atoms with Gasteiger partial charge in [-0.05, 0) is 26.2 Å². The SMILES string of the molecule is CCCc1nnc(SCC(=O)Nc2cc(C)on2)n1CC1CCCO1. The highest BCUT2D eigenvalue weighted by atomic mass is 32.2. The number of carbonyl (C=O) groups excluding carboxylic acids is 1. The van der Waals surface area contributed by atoms with Gasteiger partial charge in [0.05, 0.1) is 18.4 Å². The second-order valence-electron chi connectivity index (χ2n) is 6.05. The summed E-state index contributed by atoms with van der Waals surface area (Å²) in [4.78, 5) is 12.1. The Labute approximate surface area is 150 Å². The number of nitrogens with one attached hydrogen (secondary N) is 1. The highest BCUT2D eigenvalue weighted by molar-refractivity contribution is 7.99. The third-order valence-corrected chi connectivity index (χ3v) is 4.87. The molecule has 8 nitrogen and oxygen atoms in total. The second kappa shape index (κ2) is 8.48. The van der Waals surface area contributed by atoms with E-state index >= 15 is 0 Å². The Bertz CT molecular complexity index is 708. The van der Waals surface area contributed by atoms with Gasteiger partial charge in [0.15, 0.2) is 11.0 Å². The van der Waals surface area contributed by atoms with E-state index in [4.69, 9.17) is 9.26 Å². The molecule has 2 aromatic rings. The maximum atomic E-state index is 12.1. The molecule has 136 valence electrons. The fraction of sp³-hybridized carbons (Fsp3) is 0.625. The van der Waals surface area contributed by atoms with Crippen molar-refractivity contribution in [3.63, 3.8) is 0 Å². The van der Waals surface area contributed by atoms with Crippen LogP contribution in [0, 0.1) is 6.92 Å². The molecule has 25 heavy (non-hydrogen) atoms. The van der Waals surface area contributed by atoms with Crippen molar-refractivity contribution in [3.05, 3.63) is 17.7 Å². The fourth-order valence-corrected chi connectivity index (χ4v) is 3.51. The number of hydrogen-bond donors (Lipinski definition) is 1. The van der Waals surface area contributed by atoms with Gasteiger partial charge in [-0.1, -0.05) is 23.8 Å². The second-order valence-corrected chi connectivity index (χ2v) is 7.00. The summed E-state index contributed by atoms with van der Waals surface area (Å²) in [6.07, 6.45) is 4.22. The Morgan fingerprint density at radius 1 is 1.48 bits per heavy atom. The molecule has 1 N–H and O–H groups in total. The lowest BCUT2D eigenvalue weighted by Gasteiger charge is -2.14. The van der Waals surface area contributed by atoms with Crippen LogP contribution in [0.1, 0.15) is 37.8 Å². The van der Waals surface area contributed by atoms with Crippen molar-refractivity contribution in [2.24, 2.45) is 0 Å². The molecule has 1 unspecified atom stereocenters. The maximum absolute atomic E-state index is 12.1. The van der Waals surface area contributed by atoms with Crippen LogP contribution in [0.5, 0.6) is 0 Å². The quantitative estimate of drug-likeness (QED) is 0.718. The predicted octanol–water partition coefficient (Wildman–Crippen LogP) is 2.44. The van der Waals surface area contributed by atoms with E-state index in [0.717, 1.165) is 49.8 Å². The Morgan fingerprint density at radius 2 is 2.36 bits per heavy atom. The lowest BCUT2D eigenvalue weighted by atomic mass is 10.2. The Morgan fingerprint density at radius 3 is 3.04 bits per heavy atom. The van der Waals surface area contributed by atoms with E-state index in [1.807, 2.05) is 0 Å². The average molecular weight is 365 g/mol. The molecule has 0 aliphatic carbocycles. The average Bonchev–Trinajstić information content (AvgIpc) is 3.31. The molecule has 3 rings (SSSR count). The first kappa shape index (κ1) is 17.9. The maximum Gasteiger partial charge on any atom is 0.236 e. The van der Waals surface area contributed by atoms with Crippen LogP contribution in [0.15, 0.2) is 15.7 Å². The molecule has 1 atom stereocenters. The van der Waals surface area contributed by atoms with Gasteiger partial charge in [0.1, 0.15) is 11.6 Å². The molecule has 1 saturated heterocycles. The van der Waals surface area contributed by atoms with Gasteiger partial charge < -0.3 is 19.1 Å². The summed E-state index contributed by atoms with van der Waals surface area (Å²) >= 11 is 1.37. The molecule has 2 aromatic heterocycles. The van der Waals surface area contributed by atoms with Gasteiger partial charge in [-0.15, -0.1) is 10.2 Å². The summed E-state index contributed by atoms with van der Waals surface area (Å²) in [6.45, 7) is 5.46. The van der Waals surface area contributed by atoms with E-state index in [2.05, 4.69) is 32.2 Å². The van der Waals surface area contributed by atoms with Crippen LogP contribution in [0.25, 0.3) is 0 Å². The number of anilines is 1. The Kier molecular flexibility index (Phi) is 6.09. The first-order valence-electron chi connectivity index (χ1n) is 8.55. The van der Waals surface area contributed by atoms with Crippen molar-refractivity contribution in [1.82, 2.24) is 19.9 Å². The number of rotatable bonds is 8. The van der Waals surface area contributed by atoms with E-state index in [1.54, 1.807) is 13.0 Å². The zero-order valence-electron chi connectivity index (χ0n) is 14.5. The summed E-state index contributed by atoms with van der Waals surface area (Å²) in [5.41, 5.74) is 0. The zero-order chi connectivity index (χ0) is 17.6. The molecular formula is C16H23N5O3S. The van der Waals surface area contributed by atoms with Gasteiger partial charge in [-0.25, -0.2) is 0 Å². The van der Waals surface area contributed by atoms with Crippen LogP contribution in [-0.2, 0) is 22.5 Å². The highest BCUT2D eigenvalue weighted by Gasteiger charge is 2.21. The van der Waals surface area contributed by atoms with Gasteiger partial charge in [0.25, 0.3) is 0 Å².